The minimum atomic E-state index is -0.544. The van der Waals surface area contributed by atoms with Gasteiger partial charge in [0, 0.05) is 18.2 Å². The first-order valence-corrected chi connectivity index (χ1v) is 7.33. The Labute approximate surface area is 137 Å². The summed E-state index contributed by atoms with van der Waals surface area (Å²) in [7, 11) is 3.21. The van der Waals surface area contributed by atoms with E-state index in [4.69, 9.17) is 9.47 Å². The molecule has 0 fully saturated rings. The highest BCUT2D eigenvalue weighted by molar-refractivity contribution is 5.80. The standard InChI is InChI=1S/C17H17N3O4/c1-9-6-12(18-15-14(9)19-17(22)20-16(15)21)10-4-5-13(24-3)11(7-10)8-23-2/h4-7H,8H2,1-3H3,(H2,19,20,21,22). The van der Waals surface area contributed by atoms with Crippen molar-refractivity contribution in [3.8, 4) is 17.0 Å². The number of hydrogen-bond donors (Lipinski definition) is 2. The maximum Gasteiger partial charge on any atom is 0.326 e. The second-order valence-electron chi connectivity index (χ2n) is 5.42. The predicted octanol–water partition coefficient (Wildman–Crippen LogP) is 1.74. The van der Waals surface area contributed by atoms with E-state index in [1.54, 1.807) is 14.2 Å². The van der Waals surface area contributed by atoms with E-state index in [9.17, 15) is 9.59 Å². The Morgan fingerprint density at radius 1 is 1.12 bits per heavy atom. The molecule has 0 amide bonds. The molecule has 0 saturated carbocycles. The number of aromatic amines is 2. The third-order valence-corrected chi connectivity index (χ3v) is 3.77. The van der Waals surface area contributed by atoms with Crippen molar-refractivity contribution in [3.63, 3.8) is 0 Å². The summed E-state index contributed by atoms with van der Waals surface area (Å²) in [5.41, 5.74) is 2.71. The average Bonchev–Trinajstić information content (AvgIpc) is 2.56. The van der Waals surface area contributed by atoms with Gasteiger partial charge in [0.15, 0.2) is 5.52 Å². The summed E-state index contributed by atoms with van der Waals surface area (Å²) in [5, 5.41) is 0. The molecule has 7 heteroatoms. The van der Waals surface area contributed by atoms with Gasteiger partial charge in [-0.25, -0.2) is 9.78 Å². The molecule has 0 aliphatic carbocycles. The third-order valence-electron chi connectivity index (χ3n) is 3.77. The van der Waals surface area contributed by atoms with Gasteiger partial charge in [-0.3, -0.25) is 9.78 Å². The van der Waals surface area contributed by atoms with E-state index < -0.39 is 11.2 Å². The number of fused-ring (bicyclic) bond motifs is 1. The number of aromatic nitrogens is 3. The Morgan fingerprint density at radius 3 is 2.62 bits per heavy atom. The summed E-state index contributed by atoms with van der Waals surface area (Å²) >= 11 is 0. The molecule has 0 saturated heterocycles. The number of hydrogen-bond acceptors (Lipinski definition) is 5. The molecule has 24 heavy (non-hydrogen) atoms. The van der Waals surface area contributed by atoms with Crippen molar-refractivity contribution < 1.29 is 9.47 Å². The first-order chi connectivity index (χ1) is 11.5. The minimum absolute atomic E-state index is 0.203. The van der Waals surface area contributed by atoms with Crippen LogP contribution in [0.4, 0.5) is 0 Å². The Kier molecular flexibility index (Phi) is 4.18. The van der Waals surface area contributed by atoms with E-state index in [-0.39, 0.29) is 5.52 Å². The molecule has 3 aromatic rings. The quantitative estimate of drug-likeness (QED) is 0.761. The lowest BCUT2D eigenvalue weighted by atomic mass is 10.0. The molecule has 2 heterocycles. The fourth-order valence-corrected chi connectivity index (χ4v) is 2.66. The predicted molar refractivity (Wildman–Crippen MR) is 90.4 cm³/mol. The Balaban J connectivity index is 2.21. The Morgan fingerprint density at radius 2 is 1.92 bits per heavy atom. The normalized spacial score (nSPS) is 11.0. The zero-order chi connectivity index (χ0) is 17.3. The first kappa shape index (κ1) is 15.9. The molecule has 0 spiro atoms. The van der Waals surface area contributed by atoms with Crippen molar-refractivity contribution >= 4 is 11.0 Å². The van der Waals surface area contributed by atoms with E-state index >= 15 is 0 Å². The molecule has 0 unspecified atom stereocenters. The van der Waals surface area contributed by atoms with Gasteiger partial charge in [-0.05, 0) is 36.8 Å². The summed E-state index contributed by atoms with van der Waals surface area (Å²) in [6, 6.07) is 7.44. The van der Waals surface area contributed by atoms with Gasteiger partial charge in [0.25, 0.3) is 5.56 Å². The Bertz CT molecular complexity index is 1020. The largest absolute Gasteiger partial charge is 0.496 e. The van der Waals surface area contributed by atoms with Crippen LogP contribution >= 0.6 is 0 Å². The molecular weight excluding hydrogens is 310 g/mol. The van der Waals surface area contributed by atoms with Crippen LogP contribution in [0.2, 0.25) is 0 Å². The van der Waals surface area contributed by atoms with E-state index in [0.717, 1.165) is 22.4 Å². The third kappa shape index (κ3) is 2.81. The second-order valence-corrected chi connectivity index (χ2v) is 5.42. The lowest BCUT2D eigenvalue weighted by Crippen LogP contribution is -2.23. The number of nitrogens with zero attached hydrogens (tertiary/aromatic N) is 1. The van der Waals surface area contributed by atoms with E-state index in [0.29, 0.717) is 17.8 Å². The molecule has 2 aromatic heterocycles. The summed E-state index contributed by atoms with van der Waals surface area (Å²) in [6.07, 6.45) is 0. The molecule has 0 atom stereocenters. The van der Waals surface area contributed by atoms with Crippen LogP contribution in [0.25, 0.3) is 22.3 Å². The smallest absolute Gasteiger partial charge is 0.326 e. The molecular formula is C17H17N3O4. The molecule has 124 valence electrons. The number of rotatable bonds is 4. The number of aryl methyl sites for hydroxylation is 1. The number of pyridine rings is 1. The van der Waals surface area contributed by atoms with Crippen molar-refractivity contribution in [2.75, 3.05) is 14.2 Å². The van der Waals surface area contributed by atoms with Crippen molar-refractivity contribution in [3.05, 3.63) is 56.2 Å². The highest BCUT2D eigenvalue weighted by atomic mass is 16.5. The summed E-state index contributed by atoms with van der Waals surface area (Å²) in [4.78, 5) is 32.7. The topological polar surface area (TPSA) is 97.1 Å². The maximum atomic E-state index is 12.0. The summed E-state index contributed by atoms with van der Waals surface area (Å²) < 4.78 is 10.5. The molecule has 0 bridgehead atoms. The van der Waals surface area contributed by atoms with Gasteiger partial charge in [0.1, 0.15) is 5.75 Å². The van der Waals surface area contributed by atoms with Gasteiger partial charge >= 0.3 is 5.69 Å². The lowest BCUT2D eigenvalue weighted by Gasteiger charge is -2.11. The van der Waals surface area contributed by atoms with Gasteiger partial charge in [-0.1, -0.05) is 0 Å². The minimum Gasteiger partial charge on any atom is -0.496 e. The van der Waals surface area contributed by atoms with Gasteiger partial charge in [-0.2, -0.15) is 0 Å². The van der Waals surface area contributed by atoms with Crippen LogP contribution < -0.4 is 16.0 Å². The molecule has 0 radical (unpaired) electrons. The zero-order valence-corrected chi connectivity index (χ0v) is 13.6. The van der Waals surface area contributed by atoms with E-state index in [1.807, 2.05) is 31.2 Å². The van der Waals surface area contributed by atoms with Crippen LogP contribution in [0.3, 0.4) is 0 Å². The van der Waals surface area contributed by atoms with Crippen molar-refractivity contribution in [2.45, 2.75) is 13.5 Å². The summed E-state index contributed by atoms with van der Waals surface area (Å²) in [5.74, 6) is 0.722. The van der Waals surface area contributed by atoms with Crippen molar-refractivity contribution in [1.82, 2.24) is 15.0 Å². The van der Waals surface area contributed by atoms with Crippen LogP contribution in [0.15, 0.2) is 33.9 Å². The van der Waals surface area contributed by atoms with Crippen molar-refractivity contribution in [2.24, 2.45) is 0 Å². The number of H-pyrrole nitrogens is 2. The van der Waals surface area contributed by atoms with Crippen LogP contribution in [-0.2, 0) is 11.3 Å². The first-order valence-electron chi connectivity index (χ1n) is 7.33. The highest BCUT2D eigenvalue weighted by Crippen LogP contribution is 2.27. The fraction of sp³-hybridized carbons (Fsp3) is 0.235. The lowest BCUT2D eigenvalue weighted by molar-refractivity contribution is 0.181. The number of methoxy groups -OCH3 is 2. The van der Waals surface area contributed by atoms with Gasteiger partial charge in [0.2, 0.25) is 0 Å². The van der Waals surface area contributed by atoms with Gasteiger partial charge in [-0.15, -0.1) is 0 Å². The average molecular weight is 327 g/mol. The maximum absolute atomic E-state index is 12.0. The molecule has 0 aliphatic heterocycles. The van der Waals surface area contributed by atoms with Crippen LogP contribution in [0.1, 0.15) is 11.1 Å². The molecule has 1 aromatic carbocycles. The molecule has 0 aliphatic rings. The molecule has 2 N–H and O–H groups in total. The monoisotopic (exact) mass is 327 g/mol. The van der Waals surface area contributed by atoms with Gasteiger partial charge < -0.3 is 14.5 Å². The number of ether oxygens (including phenoxy) is 2. The van der Waals surface area contributed by atoms with Crippen molar-refractivity contribution in [1.29, 1.82) is 0 Å². The highest BCUT2D eigenvalue weighted by Gasteiger charge is 2.11. The van der Waals surface area contributed by atoms with Crippen LogP contribution in [0.5, 0.6) is 5.75 Å². The Hall–Kier alpha value is -2.93. The van der Waals surface area contributed by atoms with Gasteiger partial charge in [0.05, 0.1) is 24.9 Å². The summed E-state index contributed by atoms with van der Waals surface area (Å²) in [6.45, 7) is 2.22. The van der Waals surface area contributed by atoms with Crippen LogP contribution in [-0.4, -0.2) is 29.2 Å². The molecule has 3 rings (SSSR count). The number of benzene rings is 1. The van der Waals surface area contributed by atoms with E-state index in [2.05, 4.69) is 15.0 Å². The second kappa shape index (κ2) is 6.29. The van der Waals surface area contributed by atoms with Crippen LogP contribution in [0, 0.1) is 6.92 Å². The number of nitrogens with one attached hydrogen (secondary N) is 2. The van der Waals surface area contributed by atoms with E-state index in [1.165, 1.54) is 0 Å². The fourth-order valence-electron chi connectivity index (χ4n) is 2.66. The zero-order valence-electron chi connectivity index (χ0n) is 13.6. The SMILES string of the molecule is COCc1cc(-c2cc(C)c3[nH]c(=O)[nH]c(=O)c3n2)ccc1OC. The molecule has 7 nitrogen and oxygen atoms in total.